The summed E-state index contributed by atoms with van der Waals surface area (Å²) in [7, 11) is 6.65. The van der Waals surface area contributed by atoms with E-state index < -0.39 is 0 Å². The Hall–Kier alpha value is -0.436. The van der Waals surface area contributed by atoms with Crippen LogP contribution in [0.1, 0.15) is 16.7 Å². The number of hydrogen-bond acceptors (Lipinski definition) is 1. The van der Waals surface area contributed by atoms with Gasteiger partial charge < -0.3 is 10.4 Å². The third-order valence-corrected chi connectivity index (χ3v) is 4.52. The SMILES string of the molecule is C[N-]Cc1cc(F)ccc1Pc1cc(C)cc(C)c1O.[Cl][Ti+]. The van der Waals surface area contributed by atoms with Gasteiger partial charge in [0.2, 0.25) is 0 Å². The Labute approximate surface area is 148 Å². The fourth-order valence-electron chi connectivity index (χ4n) is 2.19. The zero-order valence-corrected chi connectivity index (χ0v) is 16.1. The summed E-state index contributed by atoms with van der Waals surface area (Å²) in [6.45, 7) is 4.39. The average molecular weight is 374 g/mol. The summed E-state index contributed by atoms with van der Waals surface area (Å²) in [6, 6.07) is 8.70. The Bertz CT molecular complexity index is 640. The van der Waals surface area contributed by atoms with Crippen LogP contribution in [-0.2, 0) is 25.9 Å². The molecule has 1 atom stereocenters. The molecule has 0 aliphatic heterocycles. The van der Waals surface area contributed by atoms with E-state index in [2.05, 4.69) is 14.6 Å². The zero-order valence-electron chi connectivity index (χ0n) is 12.7. The normalized spacial score (nSPS) is 10.5. The first kappa shape index (κ1) is 19.6. The summed E-state index contributed by atoms with van der Waals surface area (Å²) >= 11 is 1.47. The molecule has 2 rings (SSSR count). The van der Waals surface area contributed by atoms with Gasteiger partial charge in [0.05, 0.1) is 0 Å². The van der Waals surface area contributed by atoms with Crippen molar-refractivity contribution in [2.24, 2.45) is 0 Å². The van der Waals surface area contributed by atoms with Crippen molar-refractivity contribution >= 4 is 28.5 Å². The average Bonchev–Trinajstić information content (AvgIpc) is 2.49. The van der Waals surface area contributed by atoms with Crippen LogP contribution in [0.4, 0.5) is 4.39 Å². The molecule has 0 saturated carbocycles. The second kappa shape index (κ2) is 9.65. The number of benzene rings is 2. The standard InChI is InChI=1S/C16H18FNOP.ClH.Ti/c1-10-6-11(2)16(19)15(7-10)20-14-5-4-13(17)8-12(14)9-18-3;;/h4-8,19-20H,9H2,1-3H3;1H;/q-1;;+2/p-1. The number of aryl methyl sites for hydroxylation is 2. The molecule has 0 aliphatic carbocycles. The Morgan fingerprint density at radius 2 is 1.86 bits per heavy atom. The molecule has 0 radical (unpaired) electrons. The molecule has 2 aromatic carbocycles. The van der Waals surface area contributed by atoms with Gasteiger partial charge in [-0.1, -0.05) is 26.3 Å². The van der Waals surface area contributed by atoms with Crippen LogP contribution in [0.3, 0.4) is 0 Å². The van der Waals surface area contributed by atoms with Crippen molar-refractivity contribution in [2.45, 2.75) is 20.4 Å². The van der Waals surface area contributed by atoms with Crippen LogP contribution in [0.25, 0.3) is 5.32 Å². The summed E-state index contributed by atoms with van der Waals surface area (Å²) in [5.74, 6) is 0.0829. The van der Waals surface area contributed by atoms with Crippen molar-refractivity contribution in [3.8, 4) is 5.75 Å². The van der Waals surface area contributed by atoms with E-state index in [4.69, 9.17) is 0 Å². The second-order valence-electron chi connectivity index (χ2n) is 4.88. The van der Waals surface area contributed by atoms with E-state index in [0.29, 0.717) is 20.9 Å². The number of aromatic hydroxyl groups is 1. The van der Waals surface area contributed by atoms with E-state index in [0.717, 1.165) is 27.3 Å². The fraction of sp³-hybridized carbons (Fsp3) is 0.250. The van der Waals surface area contributed by atoms with Gasteiger partial charge in [-0.25, -0.2) is 4.39 Å². The number of phenolic OH excluding ortho intramolecular Hbond substituents is 1. The molecule has 0 saturated heterocycles. The van der Waals surface area contributed by atoms with Crippen molar-refractivity contribution in [3.05, 3.63) is 58.2 Å². The van der Waals surface area contributed by atoms with Crippen LogP contribution in [0, 0.1) is 19.7 Å². The van der Waals surface area contributed by atoms with Crippen molar-refractivity contribution in [2.75, 3.05) is 7.05 Å². The minimum absolute atomic E-state index is 0.248. The predicted molar refractivity (Wildman–Crippen MR) is 90.4 cm³/mol. The van der Waals surface area contributed by atoms with E-state index in [1.54, 1.807) is 13.1 Å². The molecule has 2 aromatic rings. The van der Waals surface area contributed by atoms with Crippen molar-refractivity contribution < 1.29 is 28.9 Å². The van der Waals surface area contributed by atoms with Crippen LogP contribution >= 0.6 is 17.9 Å². The Kier molecular flexibility index (Phi) is 8.60. The van der Waals surface area contributed by atoms with E-state index in [9.17, 15) is 9.50 Å². The molecule has 2 nitrogen and oxygen atoms in total. The van der Waals surface area contributed by atoms with Crippen LogP contribution in [-0.4, -0.2) is 12.2 Å². The topological polar surface area (TPSA) is 34.3 Å². The Morgan fingerprint density at radius 1 is 1.18 bits per heavy atom. The molecule has 0 amide bonds. The monoisotopic (exact) mass is 373 g/mol. The molecule has 0 aromatic heterocycles. The molecular weight excluding hydrogens is 355 g/mol. The minimum atomic E-state index is -0.248. The molecule has 1 unspecified atom stereocenters. The Balaban J connectivity index is 0.00000116. The first-order valence-corrected chi connectivity index (χ1v) is 9.76. The van der Waals surface area contributed by atoms with E-state index in [1.165, 1.54) is 31.5 Å². The number of hydrogen-bond donors (Lipinski definition) is 1. The van der Waals surface area contributed by atoms with Gasteiger partial charge >= 0.3 is 28.7 Å². The molecular formula is C16H18ClFNOPTi. The summed E-state index contributed by atoms with van der Waals surface area (Å²) in [6.07, 6.45) is 0. The summed E-state index contributed by atoms with van der Waals surface area (Å²) in [5, 5.41) is 16.2. The zero-order chi connectivity index (χ0) is 16.7. The van der Waals surface area contributed by atoms with Gasteiger partial charge in [0.1, 0.15) is 11.6 Å². The van der Waals surface area contributed by atoms with Gasteiger partial charge in [-0.2, -0.15) is 7.05 Å². The number of nitrogens with zero attached hydrogens (tertiary/aromatic N) is 1. The Morgan fingerprint density at radius 3 is 2.50 bits per heavy atom. The predicted octanol–water partition coefficient (Wildman–Crippen LogP) is 3.97. The van der Waals surface area contributed by atoms with Gasteiger partial charge in [0.15, 0.2) is 0 Å². The third kappa shape index (κ3) is 5.33. The number of halogens is 2. The molecule has 22 heavy (non-hydrogen) atoms. The quantitative estimate of drug-likeness (QED) is 0.639. The first-order chi connectivity index (χ1) is 10.5. The fourth-order valence-corrected chi connectivity index (χ4v) is 3.57. The van der Waals surface area contributed by atoms with Gasteiger partial charge in [0.25, 0.3) is 0 Å². The van der Waals surface area contributed by atoms with E-state index in [1.807, 2.05) is 26.0 Å². The maximum atomic E-state index is 13.3. The van der Waals surface area contributed by atoms with Crippen LogP contribution < -0.4 is 10.6 Å². The molecule has 116 valence electrons. The summed E-state index contributed by atoms with van der Waals surface area (Å²) in [5.41, 5.74) is 2.87. The van der Waals surface area contributed by atoms with Gasteiger partial charge in [-0.15, -0.1) is 6.54 Å². The third-order valence-electron chi connectivity index (χ3n) is 3.11. The summed E-state index contributed by atoms with van der Waals surface area (Å²) in [4.78, 5) is 0. The first-order valence-electron chi connectivity index (χ1n) is 6.61. The molecule has 0 spiro atoms. The molecule has 0 fully saturated rings. The van der Waals surface area contributed by atoms with Crippen molar-refractivity contribution in [1.29, 1.82) is 0 Å². The van der Waals surface area contributed by atoms with Crippen LogP contribution in [0.15, 0.2) is 30.3 Å². The van der Waals surface area contributed by atoms with E-state index >= 15 is 0 Å². The second-order valence-corrected chi connectivity index (χ2v) is 6.21. The van der Waals surface area contributed by atoms with Gasteiger partial charge in [-0.3, -0.25) is 0 Å². The maximum absolute atomic E-state index is 13.3. The van der Waals surface area contributed by atoms with Gasteiger partial charge in [0, 0.05) is 5.30 Å². The van der Waals surface area contributed by atoms with Crippen LogP contribution in [0.2, 0.25) is 0 Å². The molecule has 0 aliphatic rings. The number of rotatable bonds is 4. The molecule has 1 N–H and O–H groups in total. The van der Waals surface area contributed by atoms with Crippen LogP contribution in [0.5, 0.6) is 5.75 Å². The number of phenols is 1. The van der Waals surface area contributed by atoms with E-state index in [-0.39, 0.29) is 5.82 Å². The molecule has 0 bridgehead atoms. The van der Waals surface area contributed by atoms with Gasteiger partial charge in [-0.05, 0) is 48.5 Å². The van der Waals surface area contributed by atoms with Crippen molar-refractivity contribution in [3.63, 3.8) is 0 Å². The molecule has 0 heterocycles. The van der Waals surface area contributed by atoms with Crippen molar-refractivity contribution in [1.82, 2.24) is 0 Å². The molecule has 6 heteroatoms. The summed E-state index contributed by atoms with van der Waals surface area (Å²) < 4.78 is 13.3.